The van der Waals surface area contributed by atoms with E-state index in [0.29, 0.717) is 55.5 Å². The second-order valence-electron chi connectivity index (χ2n) is 7.28. The van der Waals surface area contributed by atoms with Gasteiger partial charge in [-0.2, -0.15) is 0 Å². The zero-order valence-corrected chi connectivity index (χ0v) is 17.7. The Morgan fingerprint density at radius 2 is 1.87 bits per heavy atom. The number of nitrogens with zero attached hydrogens (tertiary/aromatic N) is 5. The molecule has 3 heterocycles. The van der Waals surface area contributed by atoms with E-state index >= 15 is 0 Å². The number of halogens is 1. The maximum absolute atomic E-state index is 13.0. The lowest BCUT2D eigenvalue weighted by molar-refractivity contribution is -0.116. The fraction of sp³-hybridized carbons (Fsp3) is 0.273. The number of hydrogen-bond donors (Lipinski definition) is 1. The lowest BCUT2D eigenvalue weighted by Crippen LogP contribution is -2.49. The number of piperazine rings is 1. The molecule has 4 rings (SSSR count). The molecule has 0 aliphatic carbocycles. The van der Waals surface area contributed by atoms with Crippen LogP contribution in [-0.2, 0) is 11.3 Å². The van der Waals surface area contributed by atoms with Crippen molar-refractivity contribution in [2.45, 2.75) is 13.0 Å². The summed E-state index contributed by atoms with van der Waals surface area (Å²) < 4.78 is 1.85. The molecule has 1 aromatic carbocycles. The van der Waals surface area contributed by atoms with Crippen LogP contribution >= 0.6 is 11.6 Å². The molecular weight excluding hydrogens is 416 g/mol. The molecular formula is C22H23ClN6O2. The molecule has 1 fully saturated rings. The van der Waals surface area contributed by atoms with Gasteiger partial charge in [0.1, 0.15) is 11.0 Å². The average molecular weight is 439 g/mol. The van der Waals surface area contributed by atoms with Gasteiger partial charge in [0, 0.05) is 62.8 Å². The van der Waals surface area contributed by atoms with Crippen molar-refractivity contribution in [3.63, 3.8) is 0 Å². The van der Waals surface area contributed by atoms with Crippen molar-refractivity contribution in [1.29, 1.82) is 0 Å². The molecule has 1 aliphatic rings. The van der Waals surface area contributed by atoms with Crippen molar-refractivity contribution < 1.29 is 9.59 Å². The van der Waals surface area contributed by atoms with Crippen molar-refractivity contribution in [2.75, 3.05) is 36.4 Å². The number of imidazole rings is 1. The Balaban J connectivity index is 1.32. The Bertz CT molecular complexity index is 1050. The van der Waals surface area contributed by atoms with E-state index in [-0.39, 0.29) is 11.8 Å². The second kappa shape index (κ2) is 9.61. The van der Waals surface area contributed by atoms with Crippen LogP contribution < -0.4 is 10.2 Å². The first-order valence-electron chi connectivity index (χ1n) is 10.1. The van der Waals surface area contributed by atoms with Gasteiger partial charge in [0.05, 0.1) is 6.33 Å². The van der Waals surface area contributed by atoms with E-state index in [4.69, 9.17) is 11.6 Å². The zero-order valence-electron chi connectivity index (χ0n) is 16.9. The lowest BCUT2D eigenvalue weighted by Gasteiger charge is -2.35. The van der Waals surface area contributed by atoms with Gasteiger partial charge in [0.2, 0.25) is 5.91 Å². The molecule has 2 aromatic heterocycles. The molecule has 1 N–H and O–H groups in total. The Labute approximate surface area is 185 Å². The molecule has 8 nitrogen and oxygen atoms in total. The van der Waals surface area contributed by atoms with E-state index in [9.17, 15) is 9.59 Å². The van der Waals surface area contributed by atoms with Crippen molar-refractivity contribution >= 4 is 34.9 Å². The Kier molecular flexibility index (Phi) is 6.47. The average Bonchev–Trinajstić information content (AvgIpc) is 3.31. The number of carbonyl (C=O) groups excluding carboxylic acids is 2. The monoisotopic (exact) mass is 438 g/mol. The number of amides is 2. The number of pyridine rings is 1. The first-order valence-corrected chi connectivity index (χ1v) is 10.5. The first kappa shape index (κ1) is 20.9. The Morgan fingerprint density at radius 3 is 2.61 bits per heavy atom. The minimum atomic E-state index is -0.110. The predicted octanol–water partition coefficient (Wildman–Crippen LogP) is 2.92. The minimum Gasteiger partial charge on any atom is -0.353 e. The maximum Gasteiger partial charge on any atom is 0.254 e. The normalized spacial score (nSPS) is 13.8. The largest absolute Gasteiger partial charge is 0.353 e. The van der Waals surface area contributed by atoms with Gasteiger partial charge in [-0.3, -0.25) is 9.59 Å². The molecule has 0 spiro atoms. The van der Waals surface area contributed by atoms with Crippen LogP contribution in [0.3, 0.4) is 0 Å². The van der Waals surface area contributed by atoms with E-state index in [1.165, 1.54) is 0 Å². The highest BCUT2D eigenvalue weighted by Crippen LogP contribution is 2.18. The molecule has 2 amide bonds. The quantitative estimate of drug-likeness (QED) is 0.598. The highest BCUT2D eigenvalue weighted by atomic mass is 35.5. The van der Waals surface area contributed by atoms with Crippen molar-refractivity contribution in [3.05, 3.63) is 71.9 Å². The fourth-order valence-corrected chi connectivity index (χ4v) is 3.66. The molecule has 1 aliphatic heterocycles. The third kappa shape index (κ3) is 5.40. The topological polar surface area (TPSA) is 83.4 Å². The van der Waals surface area contributed by atoms with Crippen molar-refractivity contribution in [3.8, 4) is 0 Å². The van der Waals surface area contributed by atoms with Crippen LogP contribution in [0.2, 0.25) is 5.15 Å². The van der Waals surface area contributed by atoms with Gasteiger partial charge in [-0.05, 0) is 30.3 Å². The fourth-order valence-electron chi connectivity index (χ4n) is 3.50. The molecule has 0 saturated carbocycles. The zero-order chi connectivity index (χ0) is 21.6. The highest BCUT2D eigenvalue weighted by molar-refractivity contribution is 6.29. The summed E-state index contributed by atoms with van der Waals surface area (Å²) in [4.78, 5) is 37.4. The predicted molar refractivity (Wildman–Crippen MR) is 119 cm³/mol. The van der Waals surface area contributed by atoms with Crippen LogP contribution in [0.15, 0.2) is 61.2 Å². The van der Waals surface area contributed by atoms with Gasteiger partial charge < -0.3 is 19.7 Å². The third-order valence-electron chi connectivity index (χ3n) is 5.14. The molecule has 3 aromatic rings. The third-order valence-corrected chi connectivity index (χ3v) is 5.35. The number of aryl methyl sites for hydroxylation is 1. The van der Waals surface area contributed by atoms with Crippen LogP contribution in [0, 0.1) is 0 Å². The van der Waals surface area contributed by atoms with E-state index < -0.39 is 0 Å². The number of rotatable bonds is 6. The van der Waals surface area contributed by atoms with E-state index in [0.717, 1.165) is 5.82 Å². The summed E-state index contributed by atoms with van der Waals surface area (Å²) in [6, 6.07) is 12.6. The summed E-state index contributed by atoms with van der Waals surface area (Å²) in [5.74, 6) is 0.661. The molecule has 0 radical (unpaired) electrons. The number of aromatic nitrogens is 3. The summed E-state index contributed by atoms with van der Waals surface area (Å²) >= 11 is 5.98. The van der Waals surface area contributed by atoms with Gasteiger partial charge in [-0.25, -0.2) is 9.97 Å². The first-order chi connectivity index (χ1) is 15.1. The van der Waals surface area contributed by atoms with Crippen molar-refractivity contribution in [1.82, 2.24) is 19.4 Å². The van der Waals surface area contributed by atoms with Crippen LogP contribution in [0.4, 0.5) is 11.5 Å². The summed E-state index contributed by atoms with van der Waals surface area (Å²) in [5.41, 5.74) is 1.17. The van der Waals surface area contributed by atoms with Crippen LogP contribution in [-0.4, -0.2) is 57.4 Å². The second-order valence-corrected chi connectivity index (χ2v) is 7.66. The SMILES string of the molecule is O=C(CCn1ccnc1)Nc1cccc(C(=O)N2CCN(c3cccc(Cl)n3)CC2)c1. The number of carbonyl (C=O) groups is 2. The molecule has 9 heteroatoms. The molecule has 0 bridgehead atoms. The highest BCUT2D eigenvalue weighted by Gasteiger charge is 2.23. The lowest BCUT2D eigenvalue weighted by atomic mass is 10.1. The molecule has 0 atom stereocenters. The molecule has 1 saturated heterocycles. The summed E-state index contributed by atoms with van der Waals surface area (Å²) in [7, 11) is 0. The van der Waals surface area contributed by atoms with Crippen LogP contribution in [0.5, 0.6) is 0 Å². The van der Waals surface area contributed by atoms with Gasteiger partial charge in [0.15, 0.2) is 0 Å². The summed E-state index contributed by atoms with van der Waals surface area (Å²) in [6.45, 7) is 3.10. The van der Waals surface area contributed by atoms with Crippen LogP contribution in [0.1, 0.15) is 16.8 Å². The van der Waals surface area contributed by atoms with E-state index in [2.05, 4.69) is 20.2 Å². The number of hydrogen-bond acceptors (Lipinski definition) is 5. The van der Waals surface area contributed by atoms with Gasteiger partial charge in [-0.1, -0.05) is 23.7 Å². The van der Waals surface area contributed by atoms with E-state index in [1.807, 2.05) is 27.8 Å². The van der Waals surface area contributed by atoms with Crippen molar-refractivity contribution in [2.24, 2.45) is 0 Å². The number of benzene rings is 1. The summed E-state index contributed by atoms with van der Waals surface area (Å²) in [6.07, 6.45) is 5.50. The van der Waals surface area contributed by atoms with Crippen LogP contribution in [0.25, 0.3) is 0 Å². The smallest absolute Gasteiger partial charge is 0.254 e. The molecule has 0 unspecified atom stereocenters. The minimum absolute atomic E-state index is 0.0479. The summed E-state index contributed by atoms with van der Waals surface area (Å²) in [5, 5.41) is 3.32. The molecule has 160 valence electrons. The van der Waals surface area contributed by atoms with Gasteiger partial charge in [-0.15, -0.1) is 0 Å². The Morgan fingerprint density at radius 1 is 1.06 bits per heavy atom. The van der Waals surface area contributed by atoms with E-state index in [1.54, 1.807) is 42.9 Å². The number of anilines is 2. The van der Waals surface area contributed by atoms with Gasteiger partial charge >= 0.3 is 0 Å². The standard InChI is InChI=1S/C22H23ClN6O2/c23-19-5-2-6-20(26-19)28-11-13-29(14-12-28)22(31)17-3-1-4-18(15-17)25-21(30)7-9-27-10-8-24-16-27/h1-6,8,10,15-16H,7,9,11-14H2,(H,25,30). The maximum atomic E-state index is 13.0. The Hall–Kier alpha value is -3.39. The number of nitrogens with one attached hydrogen (secondary N) is 1. The van der Waals surface area contributed by atoms with Gasteiger partial charge in [0.25, 0.3) is 5.91 Å². The molecule has 31 heavy (non-hydrogen) atoms.